The zero-order valence-corrected chi connectivity index (χ0v) is 16.5. The zero-order chi connectivity index (χ0) is 21.4. The maximum Gasteiger partial charge on any atom is 0.231 e. The highest BCUT2D eigenvalue weighted by molar-refractivity contribution is 5.89. The molecule has 0 bridgehead atoms. The molecule has 150 valence electrons. The van der Waals surface area contributed by atoms with Gasteiger partial charge in [0.25, 0.3) is 0 Å². The van der Waals surface area contributed by atoms with Crippen LogP contribution < -0.4 is 5.73 Å². The van der Waals surface area contributed by atoms with E-state index in [9.17, 15) is 9.18 Å². The smallest absolute Gasteiger partial charge is 0.231 e. The lowest BCUT2D eigenvalue weighted by atomic mass is 9.94. The molecular formula is C22H19FN6O. The third-order valence-corrected chi connectivity index (χ3v) is 5.16. The molecule has 0 spiro atoms. The van der Waals surface area contributed by atoms with Gasteiger partial charge >= 0.3 is 0 Å². The second-order valence-electron chi connectivity index (χ2n) is 7.26. The van der Waals surface area contributed by atoms with E-state index in [0.29, 0.717) is 11.3 Å². The Bertz CT molecular complexity index is 1310. The molecule has 2 N–H and O–H groups in total. The van der Waals surface area contributed by atoms with E-state index in [0.717, 1.165) is 22.0 Å². The number of carbonyl (C=O) groups excluding carboxylic acids is 1. The summed E-state index contributed by atoms with van der Waals surface area (Å²) in [5, 5.41) is 18.5. The van der Waals surface area contributed by atoms with Crippen LogP contribution in [0.15, 0.2) is 48.8 Å². The van der Waals surface area contributed by atoms with Crippen molar-refractivity contribution in [2.24, 2.45) is 12.8 Å². The lowest BCUT2D eigenvalue weighted by molar-refractivity contribution is -0.118. The topological polar surface area (TPSA) is 103 Å². The van der Waals surface area contributed by atoms with Crippen LogP contribution in [0.3, 0.4) is 0 Å². The number of halogens is 1. The van der Waals surface area contributed by atoms with Gasteiger partial charge in [-0.1, -0.05) is 18.2 Å². The molecule has 4 aromatic rings. The average Bonchev–Trinajstić information content (AvgIpc) is 3.26. The molecule has 0 saturated heterocycles. The third-order valence-electron chi connectivity index (χ3n) is 5.16. The highest BCUT2D eigenvalue weighted by Gasteiger charge is 2.24. The van der Waals surface area contributed by atoms with E-state index in [1.165, 1.54) is 23.1 Å². The molecular weight excluding hydrogens is 383 g/mol. The van der Waals surface area contributed by atoms with Crippen molar-refractivity contribution in [1.29, 1.82) is 5.26 Å². The lowest BCUT2D eigenvalue weighted by Gasteiger charge is -2.12. The summed E-state index contributed by atoms with van der Waals surface area (Å²) >= 11 is 0. The van der Waals surface area contributed by atoms with Gasteiger partial charge in [0.1, 0.15) is 17.8 Å². The summed E-state index contributed by atoms with van der Waals surface area (Å²) in [6, 6.07) is 11.9. The largest absolute Gasteiger partial charge is 0.369 e. The molecule has 0 aliphatic heterocycles. The van der Waals surface area contributed by atoms with Gasteiger partial charge in [-0.3, -0.25) is 4.79 Å². The summed E-state index contributed by atoms with van der Waals surface area (Å²) in [7, 11) is 1.95. The molecule has 1 atom stereocenters. The van der Waals surface area contributed by atoms with Crippen molar-refractivity contribution in [2.45, 2.75) is 19.4 Å². The Morgan fingerprint density at radius 1 is 1.30 bits per heavy atom. The number of rotatable bonds is 5. The van der Waals surface area contributed by atoms with Crippen LogP contribution in [-0.4, -0.2) is 25.5 Å². The van der Waals surface area contributed by atoms with Crippen molar-refractivity contribution < 1.29 is 9.18 Å². The summed E-state index contributed by atoms with van der Waals surface area (Å²) in [4.78, 5) is 13.6. The number of carbonyl (C=O) groups is 1. The third kappa shape index (κ3) is 3.42. The van der Waals surface area contributed by atoms with Crippen molar-refractivity contribution in [3.8, 4) is 6.07 Å². The van der Waals surface area contributed by atoms with E-state index in [4.69, 9.17) is 11.0 Å². The van der Waals surface area contributed by atoms with Crippen LogP contribution in [0, 0.1) is 24.1 Å². The Morgan fingerprint density at radius 2 is 2.10 bits per heavy atom. The van der Waals surface area contributed by atoms with Crippen molar-refractivity contribution in [2.75, 3.05) is 0 Å². The molecule has 2 heterocycles. The van der Waals surface area contributed by atoms with E-state index in [2.05, 4.69) is 10.2 Å². The first kappa shape index (κ1) is 19.3. The Hall–Kier alpha value is -3.99. The predicted octanol–water partition coefficient (Wildman–Crippen LogP) is 2.75. The van der Waals surface area contributed by atoms with Gasteiger partial charge in [0, 0.05) is 24.1 Å². The fourth-order valence-corrected chi connectivity index (χ4v) is 3.69. The second-order valence-corrected chi connectivity index (χ2v) is 7.26. The van der Waals surface area contributed by atoms with Crippen molar-refractivity contribution >= 4 is 16.8 Å². The standard InChI is InChI=1S/C22H19FN6O/c1-13-11-28(2)20-8-15(5-6-17(13)20)21(22(25)30)19-10-26-29(27-19)12-14-3-4-16(9-24)18(23)7-14/h3-8,10-11,21H,12H2,1-2H3,(H2,25,30). The van der Waals surface area contributed by atoms with E-state index in [1.54, 1.807) is 12.1 Å². The minimum atomic E-state index is -0.754. The minimum absolute atomic E-state index is 0.0204. The maximum absolute atomic E-state index is 13.8. The number of nitrogens with zero attached hydrogens (tertiary/aromatic N) is 5. The summed E-state index contributed by atoms with van der Waals surface area (Å²) in [5.41, 5.74) is 9.57. The van der Waals surface area contributed by atoms with Crippen molar-refractivity contribution in [3.63, 3.8) is 0 Å². The highest BCUT2D eigenvalue weighted by Crippen LogP contribution is 2.28. The number of primary amides is 1. The van der Waals surface area contributed by atoms with Crippen LogP contribution in [-0.2, 0) is 18.4 Å². The first-order chi connectivity index (χ1) is 14.4. The van der Waals surface area contributed by atoms with E-state index >= 15 is 0 Å². The normalized spacial score (nSPS) is 12.1. The van der Waals surface area contributed by atoms with Gasteiger partial charge < -0.3 is 10.3 Å². The molecule has 2 aromatic heterocycles. The van der Waals surface area contributed by atoms with Crippen LogP contribution >= 0.6 is 0 Å². The van der Waals surface area contributed by atoms with Crippen LogP contribution in [0.5, 0.6) is 0 Å². The number of hydrogen-bond acceptors (Lipinski definition) is 4. The lowest BCUT2D eigenvalue weighted by Crippen LogP contribution is -2.23. The number of amides is 1. The van der Waals surface area contributed by atoms with Gasteiger partial charge in [-0.2, -0.15) is 20.3 Å². The summed E-state index contributed by atoms with van der Waals surface area (Å²) in [6.45, 7) is 2.23. The summed E-state index contributed by atoms with van der Waals surface area (Å²) in [5.74, 6) is -1.88. The summed E-state index contributed by atoms with van der Waals surface area (Å²) in [6.07, 6.45) is 3.52. The fourth-order valence-electron chi connectivity index (χ4n) is 3.69. The molecule has 0 radical (unpaired) electrons. The van der Waals surface area contributed by atoms with Gasteiger partial charge in [-0.15, -0.1) is 0 Å². The molecule has 0 aliphatic rings. The fraction of sp³-hybridized carbons (Fsp3) is 0.182. The second kappa shape index (κ2) is 7.44. The average molecular weight is 402 g/mol. The van der Waals surface area contributed by atoms with Gasteiger partial charge in [-0.05, 0) is 41.8 Å². The highest BCUT2D eigenvalue weighted by atomic mass is 19.1. The van der Waals surface area contributed by atoms with Crippen LogP contribution in [0.4, 0.5) is 4.39 Å². The quantitative estimate of drug-likeness (QED) is 0.554. The van der Waals surface area contributed by atoms with Crippen LogP contribution in [0.25, 0.3) is 10.9 Å². The number of hydrogen-bond donors (Lipinski definition) is 1. The number of nitrogens with two attached hydrogens (primary N) is 1. The molecule has 4 rings (SSSR count). The van der Waals surface area contributed by atoms with E-state index in [1.807, 2.05) is 42.9 Å². The SMILES string of the molecule is Cc1cn(C)c2cc(C(C(N)=O)c3cnn(Cc4ccc(C#N)c(F)c4)n3)ccc12. The molecule has 0 aliphatic carbocycles. The first-order valence-corrected chi connectivity index (χ1v) is 9.31. The molecule has 0 saturated carbocycles. The van der Waals surface area contributed by atoms with Gasteiger partial charge in [0.15, 0.2) is 0 Å². The Kier molecular flexibility index (Phi) is 4.80. The van der Waals surface area contributed by atoms with Crippen molar-refractivity contribution in [3.05, 3.63) is 82.6 Å². The molecule has 8 heteroatoms. The van der Waals surface area contributed by atoms with Crippen LogP contribution in [0.1, 0.15) is 33.9 Å². The van der Waals surface area contributed by atoms with E-state index in [-0.39, 0.29) is 12.1 Å². The van der Waals surface area contributed by atoms with Crippen molar-refractivity contribution in [1.82, 2.24) is 19.6 Å². The zero-order valence-electron chi connectivity index (χ0n) is 16.5. The molecule has 7 nitrogen and oxygen atoms in total. The molecule has 30 heavy (non-hydrogen) atoms. The molecule has 1 amide bonds. The number of fused-ring (bicyclic) bond motifs is 1. The Labute approximate surface area is 172 Å². The minimum Gasteiger partial charge on any atom is -0.369 e. The molecule has 1 unspecified atom stereocenters. The predicted molar refractivity (Wildman–Crippen MR) is 109 cm³/mol. The first-order valence-electron chi connectivity index (χ1n) is 9.31. The van der Waals surface area contributed by atoms with E-state index < -0.39 is 17.6 Å². The van der Waals surface area contributed by atoms with Gasteiger partial charge in [0.2, 0.25) is 5.91 Å². The maximum atomic E-state index is 13.8. The Morgan fingerprint density at radius 3 is 2.80 bits per heavy atom. The number of nitriles is 1. The van der Waals surface area contributed by atoms with Gasteiger partial charge in [-0.25, -0.2) is 4.39 Å². The molecule has 2 aromatic carbocycles. The number of aromatic nitrogens is 4. The van der Waals surface area contributed by atoms with Gasteiger partial charge in [0.05, 0.1) is 24.0 Å². The number of aryl methyl sites for hydroxylation is 2. The molecule has 0 fully saturated rings. The monoisotopic (exact) mass is 402 g/mol. The summed E-state index contributed by atoms with van der Waals surface area (Å²) < 4.78 is 15.8. The number of benzene rings is 2. The Balaban J connectivity index is 1.66. The van der Waals surface area contributed by atoms with Crippen LogP contribution in [0.2, 0.25) is 0 Å².